The van der Waals surface area contributed by atoms with Crippen molar-refractivity contribution in [3.63, 3.8) is 0 Å². The van der Waals surface area contributed by atoms with Crippen molar-refractivity contribution in [2.75, 3.05) is 20.3 Å². The van der Waals surface area contributed by atoms with Crippen LogP contribution in [-0.4, -0.2) is 51.5 Å². The first kappa shape index (κ1) is 19.9. The molecule has 0 spiro atoms. The largest absolute Gasteiger partial charge is 0.418 e. The van der Waals surface area contributed by atoms with Crippen molar-refractivity contribution in [2.24, 2.45) is 0 Å². The predicted molar refractivity (Wildman–Crippen MR) is 111 cm³/mol. The molecule has 3 aromatic heterocycles. The first-order chi connectivity index (χ1) is 14.7. The lowest BCUT2D eigenvalue weighted by Gasteiger charge is -2.20. The number of aromatic amines is 1. The van der Waals surface area contributed by atoms with E-state index in [1.807, 2.05) is 23.6 Å². The van der Waals surface area contributed by atoms with E-state index in [9.17, 15) is 9.59 Å². The number of nitrogens with one attached hydrogen (secondary N) is 1. The topological polar surface area (TPSA) is 114 Å². The Hall–Kier alpha value is -3.37. The summed E-state index contributed by atoms with van der Waals surface area (Å²) in [5.41, 5.74) is 0.215. The van der Waals surface area contributed by atoms with Gasteiger partial charge in [-0.2, -0.15) is 5.10 Å². The number of thiophene rings is 1. The quantitative estimate of drug-likeness (QED) is 0.460. The first-order valence-electron chi connectivity index (χ1n) is 9.25. The molecule has 0 radical (unpaired) electrons. The number of amides is 1. The van der Waals surface area contributed by atoms with Crippen molar-refractivity contribution in [1.82, 2.24) is 25.3 Å². The minimum absolute atomic E-state index is 0.0208. The molecule has 0 bridgehead atoms. The molecule has 4 rings (SSSR count). The van der Waals surface area contributed by atoms with Crippen LogP contribution in [0.5, 0.6) is 0 Å². The zero-order valence-corrected chi connectivity index (χ0v) is 17.0. The van der Waals surface area contributed by atoms with Gasteiger partial charge in [-0.15, -0.1) is 21.5 Å². The summed E-state index contributed by atoms with van der Waals surface area (Å²) in [5.74, 6) is 0.571. The number of hydrogen-bond donors (Lipinski definition) is 1. The Morgan fingerprint density at radius 1 is 1.20 bits per heavy atom. The van der Waals surface area contributed by atoms with Crippen LogP contribution in [0.4, 0.5) is 0 Å². The standard InChI is InChI=1S/C20H19N5O4S/c1-28-9-8-25(12-17-22-24-20(29-17)16-7-4-10-30-16)18(26)11-15-13-5-2-3-6-14(13)19(27)23-21-15/h2-7,10H,8-9,11-12H2,1H3,(H,23,27). The monoisotopic (exact) mass is 425 g/mol. The summed E-state index contributed by atoms with van der Waals surface area (Å²) < 4.78 is 10.9. The summed E-state index contributed by atoms with van der Waals surface area (Å²) >= 11 is 1.50. The number of H-pyrrole nitrogens is 1. The highest BCUT2D eigenvalue weighted by atomic mass is 32.1. The summed E-state index contributed by atoms with van der Waals surface area (Å²) in [5, 5.41) is 17.7. The average molecular weight is 425 g/mol. The van der Waals surface area contributed by atoms with Crippen molar-refractivity contribution in [1.29, 1.82) is 0 Å². The van der Waals surface area contributed by atoms with Gasteiger partial charge in [0.15, 0.2) is 0 Å². The van der Waals surface area contributed by atoms with Gasteiger partial charge >= 0.3 is 0 Å². The lowest BCUT2D eigenvalue weighted by Crippen LogP contribution is -2.35. The minimum atomic E-state index is -0.287. The lowest BCUT2D eigenvalue weighted by molar-refractivity contribution is -0.132. The fraction of sp³-hybridized carbons (Fsp3) is 0.250. The van der Waals surface area contributed by atoms with Gasteiger partial charge in [0.05, 0.1) is 35.5 Å². The normalized spacial score (nSPS) is 11.1. The van der Waals surface area contributed by atoms with E-state index in [2.05, 4.69) is 20.4 Å². The molecule has 30 heavy (non-hydrogen) atoms. The van der Waals surface area contributed by atoms with Gasteiger partial charge in [-0.1, -0.05) is 24.3 Å². The highest BCUT2D eigenvalue weighted by Gasteiger charge is 2.20. The molecule has 0 atom stereocenters. The number of hydrogen-bond acceptors (Lipinski definition) is 8. The van der Waals surface area contributed by atoms with Gasteiger partial charge in [-0.3, -0.25) is 9.59 Å². The number of methoxy groups -OCH3 is 1. The predicted octanol–water partition coefficient (Wildman–Crippen LogP) is 2.25. The minimum Gasteiger partial charge on any atom is -0.418 e. The third-order valence-electron chi connectivity index (χ3n) is 4.54. The molecule has 0 fully saturated rings. The molecule has 0 aliphatic carbocycles. The van der Waals surface area contributed by atoms with Crippen LogP contribution in [0, 0.1) is 0 Å². The molecule has 1 aromatic carbocycles. The van der Waals surface area contributed by atoms with Crippen LogP contribution in [0.15, 0.2) is 51.0 Å². The molecule has 0 aliphatic rings. The van der Waals surface area contributed by atoms with Crippen molar-refractivity contribution >= 4 is 28.0 Å². The molecule has 4 aromatic rings. The van der Waals surface area contributed by atoms with Gasteiger partial charge < -0.3 is 14.1 Å². The fourth-order valence-corrected chi connectivity index (χ4v) is 3.68. The lowest BCUT2D eigenvalue weighted by atomic mass is 10.1. The number of nitrogens with zero attached hydrogens (tertiary/aromatic N) is 4. The Morgan fingerprint density at radius 3 is 2.80 bits per heavy atom. The van der Waals surface area contributed by atoms with Gasteiger partial charge in [0, 0.05) is 19.0 Å². The highest BCUT2D eigenvalue weighted by Crippen LogP contribution is 2.23. The van der Waals surface area contributed by atoms with Crippen LogP contribution in [0.1, 0.15) is 11.6 Å². The SMILES string of the molecule is COCCN(Cc1nnc(-c2cccs2)o1)C(=O)Cc1n[nH]c(=O)c2ccccc12. The van der Waals surface area contributed by atoms with E-state index >= 15 is 0 Å². The van der Waals surface area contributed by atoms with Crippen molar-refractivity contribution in [3.8, 4) is 10.8 Å². The smallest absolute Gasteiger partial charge is 0.272 e. The molecule has 1 amide bonds. The molecule has 9 nitrogen and oxygen atoms in total. The number of benzene rings is 1. The molecule has 3 heterocycles. The molecule has 154 valence electrons. The number of rotatable bonds is 8. The fourth-order valence-electron chi connectivity index (χ4n) is 3.04. The van der Waals surface area contributed by atoms with Crippen molar-refractivity contribution in [2.45, 2.75) is 13.0 Å². The summed E-state index contributed by atoms with van der Waals surface area (Å²) in [4.78, 5) is 27.5. The maximum Gasteiger partial charge on any atom is 0.272 e. The van der Waals surface area contributed by atoms with Crippen LogP contribution in [0.25, 0.3) is 21.5 Å². The number of carbonyl (C=O) groups excluding carboxylic acids is 1. The second-order valence-electron chi connectivity index (χ2n) is 6.51. The maximum atomic E-state index is 13.0. The van der Waals surface area contributed by atoms with Crippen LogP contribution >= 0.6 is 11.3 Å². The van der Waals surface area contributed by atoms with Crippen LogP contribution in [0.3, 0.4) is 0 Å². The Balaban J connectivity index is 1.54. The van der Waals surface area contributed by atoms with E-state index in [-0.39, 0.29) is 24.4 Å². The molecule has 0 unspecified atom stereocenters. The highest BCUT2D eigenvalue weighted by molar-refractivity contribution is 7.13. The van der Waals surface area contributed by atoms with Crippen LogP contribution < -0.4 is 5.56 Å². The van der Waals surface area contributed by atoms with Crippen LogP contribution in [-0.2, 0) is 22.5 Å². The summed E-state index contributed by atoms with van der Waals surface area (Å²) in [6.07, 6.45) is 0.0208. The second kappa shape index (κ2) is 8.97. The van der Waals surface area contributed by atoms with Gasteiger partial charge in [-0.25, -0.2) is 5.10 Å². The van der Waals surface area contributed by atoms with Gasteiger partial charge in [-0.05, 0) is 17.5 Å². The second-order valence-corrected chi connectivity index (χ2v) is 7.46. The molecular weight excluding hydrogens is 406 g/mol. The number of ether oxygens (including phenoxy) is 1. The number of carbonyl (C=O) groups is 1. The Morgan fingerprint density at radius 2 is 2.03 bits per heavy atom. The molecule has 1 N–H and O–H groups in total. The van der Waals surface area contributed by atoms with Crippen molar-refractivity contribution in [3.05, 3.63) is 63.7 Å². The van der Waals surface area contributed by atoms with E-state index in [4.69, 9.17) is 9.15 Å². The summed E-state index contributed by atoms with van der Waals surface area (Å²) in [6, 6.07) is 10.9. The third kappa shape index (κ3) is 4.29. The Bertz CT molecular complexity index is 1200. The molecule has 0 saturated heterocycles. The first-order valence-corrected chi connectivity index (χ1v) is 10.1. The third-order valence-corrected chi connectivity index (χ3v) is 5.39. The number of aromatic nitrogens is 4. The Kier molecular flexibility index (Phi) is 5.96. The van der Waals surface area contributed by atoms with E-state index < -0.39 is 0 Å². The molecule has 10 heteroatoms. The van der Waals surface area contributed by atoms with E-state index in [0.29, 0.717) is 41.4 Å². The zero-order chi connectivity index (χ0) is 20.9. The molecular formula is C20H19N5O4S. The van der Waals surface area contributed by atoms with Gasteiger partial charge in [0.1, 0.15) is 0 Å². The summed E-state index contributed by atoms with van der Waals surface area (Å²) in [6.45, 7) is 0.868. The van der Waals surface area contributed by atoms with Gasteiger partial charge in [0.2, 0.25) is 11.8 Å². The zero-order valence-electron chi connectivity index (χ0n) is 16.2. The van der Waals surface area contributed by atoms with Crippen LogP contribution in [0.2, 0.25) is 0 Å². The van der Waals surface area contributed by atoms with E-state index in [0.717, 1.165) is 4.88 Å². The van der Waals surface area contributed by atoms with E-state index in [1.165, 1.54) is 11.3 Å². The molecule has 0 aliphatic heterocycles. The number of fused-ring (bicyclic) bond motifs is 1. The maximum absolute atomic E-state index is 13.0. The molecule has 0 saturated carbocycles. The van der Waals surface area contributed by atoms with Crippen molar-refractivity contribution < 1.29 is 13.9 Å². The summed E-state index contributed by atoms with van der Waals surface area (Å²) in [7, 11) is 1.57. The van der Waals surface area contributed by atoms with E-state index in [1.54, 1.807) is 30.2 Å². The Labute approximate surface area is 175 Å². The van der Waals surface area contributed by atoms with Gasteiger partial charge in [0.25, 0.3) is 11.4 Å². The average Bonchev–Trinajstić information content (AvgIpc) is 3.45.